The molecule has 3 heterocycles. The van der Waals surface area contributed by atoms with Gasteiger partial charge in [0.25, 0.3) is 5.91 Å². The van der Waals surface area contributed by atoms with E-state index in [9.17, 15) is 18.0 Å². The first-order chi connectivity index (χ1) is 9.45. The number of carbonyl (C=O) groups excluding carboxylic acids is 1. The van der Waals surface area contributed by atoms with Gasteiger partial charge in [0, 0.05) is 32.4 Å². The lowest BCUT2D eigenvalue weighted by Crippen LogP contribution is -2.32. The Morgan fingerprint density at radius 3 is 2.23 bits per heavy atom. The van der Waals surface area contributed by atoms with Crippen LogP contribution >= 0.6 is 24.8 Å². The summed E-state index contributed by atoms with van der Waals surface area (Å²) in [4.78, 5) is 17.5. The summed E-state index contributed by atoms with van der Waals surface area (Å²) in [6.07, 6.45) is -3.71. The van der Waals surface area contributed by atoms with Crippen molar-refractivity contribution in [2.24, 2.45) is 11.8 Å². The van der Waals surface area contributed by atoms with Crippen LogP contribution in [0.4, 0.5) is 13.2 Å². The molecule has 2 aliphatic heterocycles. The summed E-state index contributed by atoms with van der Waals surface area (Å²) in [6.45, 7) is 3.10. The molecule has 2 aliphatic rings. The highest BCUT2D eigenvalue weighted by atomic mass is 35.5. The van der Waals surface area contributed by atoms with E-state index >= 15 is 0 Å². The minimum atomic E-state index is -4.43. The van der Waals surface area contributed by atoms with Crippen molar-refractivity contribution < 1.29 is 18.0 Å². The van der Waals surface area contributed by atoms with Crippen LogP contribution in [0.1, 0.15) is 16.1 Å². The van der Waals surface area contributed by atoms with E-state index in [0.717, 1.165) is 25.2 Å². The van der Waals surface area contributed by atoms with Crippen molar-refractivity contribution in [3.8, 4) is 0 Å². The third kappa shape index (κ3) is 3.64. The highest BCUT2D eigenvalue weighted by molar-refractivity contribution is 5.92. The number of aromatic nitrogens is 1. The molecule has 1 N–H and O–H groups in total. The van der Waals surface area contributed by atoms with Gasteiger partial charge < -0.3 is 10.2 Å². The van der Waals surface area contributed by atoms with E-state index in [1.54, 1.807) is 4.90 Å². The van der Waals surface area contributed by atoms with E-state index in [0.29, 0.717) is 31.1 Å². The normalized spacial score (nSPS) is 23.5. The lowest BCUT2D eigenvalue weighted by Gasteiger charge is -2.17. The van der Waals surface area contributed by atoms with Crippen molar-refractivity contribution in [2.45, 2.75) is 6.18 Å². The Hall–Kier alpha value is -1.05. The smallest absolute Gasteiger partial charge is 0.337 e. The standard InChI is InChI=1S/C13H14F3N3O.2ClH/c14-13(15,16)10-1-2-11(18-5-10)12(20)19-6-8-3-17-4-9(8)7-19;;/h1-2,5,8-9,17H,3-4,6-7H2;2*1H/t8-,9+;;. The number of likely N-dealkylation sites (tertiary alicyclic amines) is 1. The number of amides is 1. The van der Waals surface area contributed by atoms with E-state index in [1.807, 2.05) is 0 Å². The largest absolute Gasteiger partial charge is 0.417 e. The topological polar surface area (TPSA) is 45.2 Å². The fraction of sp³-hybridized carbons (Fsp3) is 0.538. The molecule has 2 atom stereocenters. The van der Waals surface area contributed by atoms with Crippen molar-refractivity contribution in [2.75, 3.05) is 26.2 Å². The molecular weight excluding hydrogens is 342 g/mol. The molecule has 1 aromatic heterocycles. The molecule has 0 bridgehead atoms. The first kappa shape index (κ1) is 19.0. The van der Waals surface area contributed by atoms with Gasteiger partial charge in [0.15, 0.2) is 0 Å². The van der Waals surface area contributed by atoms with Gasteiger partial charge in [0.05, 0.1) is 5.56 Å². The quantitative estimate of drug-likeness (QED) is 0.838. The van der Waals surface area contributed by atoms with E-state index in [1.165, 1.54) is 0 Å². The highest BCUT2D eigenvalue weighted by Crippen LogP contribution is 2.29. The van der Waals surface area contributed by atoms with E-state index < -0.39 is 11.7 Å². The summed E-state index contributed by atoms with van der Waals surface area (Å²) >= 11 is 0. The van der Waals surface area contributed by atoms with E-state index in [4.69, 9.17) is 0 Å². The van der Waals surface area contributed by atoms with Gasteiger partial charge in [-0.15, -0.1) is 24.8 Å². The maximum atomic E-state index is 12.4. The van der Waals surface area contributed by atoms with Gasteiger partial charge in [-0.2, -0.15) is 13.2 Å². The monoisotopic (exact) mass is 357 g/mol. The molecule has 0 aliphatic carbocycles. The molecule has 22 heavy (non-hydrogen) atoms. The second kappa shape index (κ2) is 7.02. The van der Waals surface area contributed by atoms with Gasteiger partial charge >= 0.3 is 6.18 Å². The van der Waals surface area contributed by atoms with Crippen LogP contribution < -0.4 is 5.32 Å². The number of carbonyl (C=O) groups is 1. The SMILES string of the molecule is Cl.Cl.O=C(c1ccc(C(F)(F)F)cn1)N1C[C@H]2CNC[C@H]2C1. The molecule has 0 saturated carbocycles. The zero-order valence-corrected chi connectivity index (χ0v) is 13.1. The number of hydrogen-bond acceptors (Lipinski definition) is 3. The van der Waals surface area contributed by atoms with E-state index in [-0.39, 0.29) is 36.4 Å². The molecule has 2 fully saturated rings. The van der Waals surface area contributed by atoms with Crippen LogP contribution in [0.15, 0.2) is 18.3 Å². The zero-order chi connectivity index (χ0) is 14.3. The molecule has 124 valence electrons. The van der Waals surface area contributed by atoms with Crippen LogP contribution in [0.5, 0.6) is 0 Å². The minimum Gasteiger partial charge on any atom is -0.337 e. The molecule has 0 aromatic carbocycles. The van der Waals surface area contributed by atoms with Gasteiger partial charge in [0.2, 0.25) is 0 Å². The van der Waals surface area contributed by atoms with Crippen molar-refractivity contribution in [1.82, 2.24) is 15.2 Å². The summed E-state index contributed by atoms with van der Waals surface area (Å²) in [5, 5.41) is 3.27. The molecule has 0 spiro atoms. The van der Waals surface area contributed by atoms with Crippen LogP contribution in [0.3, 0.4) is 0 Å². The molecule has 3 rings (SSSR count). The Morgan fingerprint density at radius 1 is 1.18 bits per heavy atom. The Morgan fingerprint density at radius 2 is 1.77 bits per heavy atom. The van der Waals surface area contributed by atoms with Crippen molar-refractivity contribution in [1.29, 1.82) is 0 Å². The molecule has 2 saturated heterocycles. The molecule has 1 aromatic rings. The first-order valence-corrected chi connectivity index (χ1v) is 6.48. The Labute approximate surface area is 138 Å². The number of alkyl halides is 3. The fourth-order valence-electron chi connectivity index (χ4n) is 2.87. The number of nitrogens with one attached hydrogen (secondary N) is 1. The van der Waals surface area contributed by atoms with Crippen LogP contribution in [-0.2, 0) is 6.18 Å². The van der Waals surface area contributed by atoms with Crippen molar-refractivity contribution in [3.63, 3.8) is 0 Å². The number of nitrogens with zero attached hydrogens (tertiary/aromatic N) is 2. The number of pyridine rings is 1. The Balaban J connectivity index is 0.00000121. The summed E-state index contributed by atoms with van der Waals surface area (Å²) in [5.74, 6) is 0.620. The third-order valence-electron chi connectivity index (χ3n) is 3.99. The second-order valence-electron chi connectivity index (χ2n) is 5.32. The molecule has 0 unspecified atom stereocenters. The first-order valence-electron chi connectivity index (χ1n) is 6.48. The maximum absolute atomic E-state index is 12.4. The van der Waals surface area contributed by atoms with Crippen LogP contribution in [0.2, 0.25) is 0 Å². The summed E-state index contributed by atoms with van der Waals surface area (Å²) in [7, 11) is 0. The van der Waals surface area contributed by atoms with Gasteiger partial charge in [-0.3, -0.25) is 9.78 Å². The lowest BCUT2D eigenvalue weighted by atomic mass is 10.0. The predicted octanol–water partition coefficient (Wildman–Crippen LogP) is 2.24. The van der Waals surface area contributed by atoms with Crippen molar-refractivity contribution >= 4 is 30.7 Å². The second-order valence-corrected chi connectivity index (χ2v) is 5.32. The maximum Gasteiger partial charge on any atom is 0.417 e. The zero-order valence-electron chi connectivity index (χ0n) is 11.5. The van der Waals surface area contributed by atoms with Crippen LogP contribution in [-0.4, -0.2) is 42.0 Å². The molecule has 4 nitrogen and oxygen atoms in total. The fourth-order valence-corrected chi connectivity index (χ4v) is 2.87. The third-order valence-corrected chi connectivity index (χ3v) is 3.99. The molecule has 0 radical (unpaired) electrons. The summed E-state index contributed by atoms with van der Waals surface area (Å²) in [5.41, 5.74) is -0.762. The van der Waals surface area contributed by atoms with Crippen LogP contribution in [0.25, 0.3) is 0 Å². The molecular formula is C13H16Cl2F3N3O. The molecule has 1 amide bonds. The average molecular weight is 358 g/mol. The lowest BCUT2D eigenvalue weighted by molar-refractivity contribution is -0.137. The summed E-state index contributed by atoms with van der Waals surface area (Å²) < 4.78 is 37.3. The van der Waals surface area contributed by atoms with Gasteiger partial charge in [-0.05, 0) is 24.0 Å². The average Bonchev–Trinajstić information content (AvgIpc) is 2.97. The van der Waals surface area contributed by atoms with Gasteiger partial charge in [0.1, 0.15) is 5.69 Å². The predicted molar refractivity (Wildman–Crippen MR) is 79.5 cm³/mol. The van der Waals surface area contributed by atoms with Gasteiger partial charge in [-0.1, -0.05) is 0 Å². The minimum absolute atomic E-state index is 0. The number of halogens is 5. The Kier molecular flexibility index (Phi) is 6.06. The Bertz CT molecular complexity index is 512. The van der Waals surface area contributed by atoms with Gasteiger partial charge in [-0.25, -0.2) is 0 Å². The number of rotatable bonds is 1. The molecule has 9 heteroatoms. The highest BCUT2D eigenvalue weighted by Gasteiger charge is 2.38. The van der Waals surface area contributed by atoms with Crippen molar-refractivity contribution in [3.05, 3.63) is 29.6 Å². The summed E-state index contributed by atoms with van der Waals surface area (Å²) in [6, 6.07) is 2.05. The number of fused-ring (bicyclic) bond motifs is 1. The van der Waals surface area contributed by atoms with Crippen LogP contribution in [0, 0.1) is 11.8 Å². The number of hydrogen-bond donors (Lipinski definition) is 1. The van der Waals surface area contributed by atoms with E-state index in [2.05, 4.69) is 10.3 Å².